The third-order valence-corrected chi connectivity index (χ3v) is 5.84. The Bertz CT molecular complexity index is 1090. The summed E-state index contributed by atoms with van der Waals surface area (Å²) in [5, 5.41) is 3.57. The number of benzene rings is 3. The Hall–Kier alpha value is -3.38. The van der Waals surface area contributed by atoms with Crippen LogP contribution in [-0.4, -0.2) is 33.2 Å². The Morgan fingerprint density at radius 3 is 2.27 bits per heavy atom. The first-order valence-corrected chi connectivity index (χ1v) is 11.3. The summed E-state index contributed by atoms with van der Waals surface area (Å²) in [5.41, 5.74) is 3.05. The third kappa shape index (κ3) is 5.34. The van der Waals surface area contributed by atoms with Crippen LogP contribution < -0.4 is 24.4 Å². The molecule has 0 atom stereocenters. The van der Waals surface area contributed by atoms with Gasteiger partial charge < -0.3 is 24.4 Å². The molecule has 3 aromatic rings. The van der Waals surface area contributed by atoms with E-state index >= 15 is 0 Å². The maximum absolute atomic E-state index is 13.2. The summed E-state index contributed by atoms with van der Waals surface area (Å²) in [5.74, 6) is 0.993. The van der Waals surface area contributed by atoms with Crippen LogP contribution in [0.3, 0.4) is 0 Å². The molecule has 7 heteroatoms. The monoisotopic (exact) mass is 466 g/mol. The van der Waals surface area contributed by atoms with Gasteiger partial charge in [-0.25, -0.2) is 0 Å². The molecule has 172 valence electrons. The molecule has 1 heterocycles. The summed E-state index contributed by atoms with van der Waals surface area (Å²) in [7, 11) is 3.07. The molecule has 1 saturated heterocycles. The standard InChI is InChI=1S/C26H27ClN2O4/c1-31-23-14-19(15-24(32-2)25(23)33-17-18-8-4-3-5-9-18)26(30)28-21-16-20(27)10-11-22(21)29-12-6-7-13-29/h3-5,8-11,14-16H,6-7,12-13,17H2,1-2H3,(H,28,30). The highest BCUT2D eigenvalue weighted by molar-refractivity contribution is 6.31. The molecule has 1 aliphatic rings. The van der Waals surface area contributed by atoms with Gasteiger partial charge >= 0.3 is 0 Å². The van der Waals surface area contributed by atoms with E-state index in [1.165, 1.54) is 14.2 Å². The van der Waals surface area contributed by atoms with Gasteiger partial charge in [-0.2, -0.15) is 0 Å². The zero-order valence-corrected chi connectivity index (χ0v) is 19.5. The summed E-state index contributed by atoms with van der Waals surface area (Å²) in [6.45, 7) is 2.26. The molecule has 6 nitrogen and oxygen atoms in total. The Morgan fingerprint density at radius 2 is 1.64 bits per heavy atom. The van der Waals surface area contributed by atoms with Crippen LogP contribution in [0, 0.1) is 0 Å². The molecule has 4 rings (SSSR count). The molecular formula is C26H27ClN2O4. The van der Waals surface area contributed by atoms with Gasteiger partial charge in [0.2, 0.25) is 5.75 Å². The van der Waals surface area contributed by atoms with Gasteiger partial charge in [-0.3, -0.25) is 4.79 Å². The van der Waals surface area contributed by atoms with Crippen LogP contribution in [0.5, 0.6) is 17.2 Å². The highest BCUT2D eigenvalue weighted by atomic mass is 35.5. The van der Waals surface area contributed by atoms with Crippen molar-refractivity contribution in [2.24, 2.45) is 0 Å². The van der Waals surface area contributed by atoms with Crippen LogP contribution in [0.2, 0.25) is 5.02 Å². The number of rotatable bonds is 8. The Morgan fingerprint density at radius 1 is 0.970 bits per heavy atom. The number of nitrogens with zero attached hydrogens (tertiary/aromatic N) is 1. The summed E-state index contributed by atoms with van der Waals surface area (Å²) >= 11 is 6.23. The molecule has 1 N–H and O–H groups in total. The number of hydrogen-bond donors (Lipinski definition) is 1. The van der Waals surface area contributed by atoms with Gasteiger partial charge in [-0.05, 0) is 48.7 Å². The number of amides is 1. The molecule has 1 fully saturated rings. The van der Waals surface area contributed by atoms with Crippen LogP contribution in [0.1, 0.15) is 28.8 Å². The molecule has 0 radical (unpaired) electrons. The molecule has 1 amide bonds. The van der Waals surface area contributed by atoms with Crippen LogP contribution in [0.15, 0.2) is 60.7 Å². The predicted octanol–water partition coefficient (Wildman–Crippen LogP) is 5.79. The van der Waals surface area contributed by atoms with Crippen molar-refractivity contribution < 1.29 is 19.0 Å². The lowest BCUT2D eigenvalue weighted by Gasteiger charge is -2.22. The van der Waals surface area contributed by atoms with E-state index in [0.29, 0.717) is 40.1 Å². The van der Waals surface area contributed by atoms with Gasteiger partial charge in [0.15, 0.2) is 11.5 Å². The fraction of sp³-hybridized carbons (Fsp3) is 0.269. The fourth-order valence-electron chi connectivity index (χ4n) is 3.92. The number of carbonyl (C=O) groups excluding carboxylic acids is 1. The van der Waals surface area contributed by atoms with E-state index in [2.05, 4.69) is 10.2 Å². The van der Waals surface area contributed by atoms with Crippen molar-refractivity contribution in [2.45, 2.75) is 19.4 Å². The Balaban J connectivity index is 1.59. The number of nitrogens with one attached hydrogen (secondary N) is 1. The fourth-order valence-corrected chi connectivity index (χ4v) is 4.09. The van der Waals surface area contributed by atoms with Crippen molar-refractivity contribution in [3.63, 3.8) is 0 Å². The van der Waals surface area contributed by atoms with Crippen molar-refractivity contribution in [2.75, 3.05) is 37.5 Å². The molecule has 0 aromatic heterocycles. The number of ether oxygens (including phenoxy) is 3. The Labute approximate surface area is 199 Å². The van der Waals surface area contributed by atoms with Crippen LogP contribution in [0.4, 0.5) is 11.4 Å². The predicted molar refractivity (Wildman–Crippen MR) is 131 cm³/mol. The molecular weight excluding hydrogens is 440 g/mol. The lowest BCUT2D eigenvalue weighted by Crippen LogP contribution is -2.21. The zero-order chi connectivity index (χ0) is 23.2. The first-order valence-electron chi connectivity index (χ1n) is 10.9. The van der Waals surface area contributed by atoms with Crippen molar-refractivity contribution in [1.82, 2.24) is 0 Å². The van der Waals surface area contributed by atoms with E-state index in [1.54, 1.807) is 18.2 Å². The number of carbonyl (C=O) groups is 1. The van der Waals surface area contributed by atoms with Crippen molar-refractivity contribution in [3.8, 4) is 17.2 Å². The maximum atomic E-state index is 13.2. The maximum Gasteiger partial charge on any atom is 0.255 e. The van der Waals surface area contributed by atoms with Gasteiger partial charge in [0.25, 0.3) is 5.91 Å². The normalized spacial score (nSPS) is 13.0. The van der Waals surface area contributed by atoms with Crippen LogP contribution in [0.25, 0.3) is 0 Å². The van der Waals surface area contributed by atoms with Gasteiger partial charge in [-0.15, -0.1) is 0 Å². The topological polar surface area (TPSA) is 60.0 Å². The number of anilines is 2. The second-order valence-corrected chi connectivity index (χ2v) is 8.23. The average Bonchev–Trinajstić information content (AvgIpc) is 3.37. The largest absolute Gasteiger partial charge is 0.493 e. The van der Waals surface area contributed by atoms with E-state index < -0.39 is 0 Å². The summed E-state index contributed by atoms with van der Waals surface area (Å²) in [6.07, 6.45) is 2.27. The van der Waals surface area contributed by atoms with E-state index in [-0.39, 0.29) is 5.91 Å². The second kappa shape index (κ2) is 10.5. The SMILES string of the molecule is COc1cc(C(=O)Nc2cc(Cl)ccc2N2CCCC2)cc(OC)c1OCc1ccccc1. The van der Waals surface area contributed by atoms with E-state index in [4.69, 9.17) is 25.8 Å². The summed E-state index contributed by atoms with van der Waals surface area (Å²) in [6, 6.07) is 18.7. The van der Waals surface area contributed by atoms with E-state index in [0.717, 1.165) is 37.2 Å². The first-order chi connectivity index (χ1) is 16.1. The van der Waals surface area contributed by atoms with E-state index in [9.17, 15) is 4.79 Å². The molecule has 0 unspecified atom stereocenters. The minimum absolute atomic E-state index is 0.288. The minimum atomic E-state index is -0.288. The van der Waals surface area contributed by atoms with Crippen molar-refractivity contribution >= 4 is 28.9 Å². The zero-order valence-electron chi connectivity index (χ0n) is 18.8. The van der Waals surface area contributed by atoms with Crippen LogP contribution in [-0.2, 0) is 6.61 Å². The molecule has 0 spiro atoms. The van der Waals surface area contributed by atoms with Crippen LogP contribution >= 0.6 is 11.6 Å². The number of hydrogen-bond acceptors (Lipinski definition) is 5. The van der Waals surface area contributed by atoms with Gasteiger partial charge in [0, 0.05) is 23.7 Å². The number of halogens is 1. The molecule has 3 aromatic carbocycles. The molecule has 0 saturated carbocycles. The smallest absolute Gasteiger partial charge is 0.255 e. The lowest BCUT2D eigenvalue weighted by atomic mass is 10.1. The van der Waals surface area contributed by atoms with Gasteiger partial charge in [0.1, 0.15) is 6.61 Å². The molecule has 1 aliphatic heterocycles. The average molecular weight is 467 g/mol. The summed E-state index contributed by atoms with van der Waals surface area (Å²) in [4.78, 5) is 15.5. The summed E-state index contributed by atoms with van der Waals surface area (Å²) < 4.78 is 17.0. The highest BCUT2D eigenvalue weighted by Gasteiger charge is 2.21. The second-order valence-electron chi connectivity index (χ2n) is 7.79. The van der Waals surface area contributed by atoms with Crippen molar-refractivity contribution in [3.05, 3.63) is 76.8 Å². The molecule has 0 aliphatic carbocycles. The van der Waals surface area contributed by atoms with Gasteiger partial charge in [0.05, 0.1) is 25.6 Å². The van der Waals surface area contributed by atoms with Crippen molar-refractivity contribution in [1.29, 1.82) is 0 Å². The quantitative estimate of drug-likeness (QED) is 0.455. The Kier molecular flexibility index (Phi) is 7.25. The minimum Gasteiger partial charge on any atom is -0.493 e. The van der Waals surface area contributed by atoms with E-state index in [1.807, 2.05) is 42.5 Å². The van der Waals surface area contributed by atoms with Gasteiger partial charge in [-0.1, -0.05) is 41.9 Å². The lowest BCUT2D eigenvalue weighted by molar-refractivity contribution is 0.102. The first kappa shape index (κ1) is 22.8. The molecule has 33 heavy (non-hydrogen) atoms. The highest BCUT2D eigenvalue weighted by Crippen LogP contribution is 2.40. The number of methoxy groups -OCH3 is 2. The molecule has 0 bridgehead atoms. The third-order valence-electron chi connectivity index (χ3n) is 5.60.